The zero-order chi connectivity index (χ0) is 30.2. The number of likely N-dealkylation sites (N-methyl/N-ethyl adjacent to an activating group) is 1. The Hall–Kier alpha value is -3.54. The van der Waals surface area contributed by atoms with Crippen LogP contribution in [0.4, 0.5) is 16.4 Å². The van der Waals surface area contributed by atoms with Crippen molar-refractivity contribution in [1.82, 2.24) is 24.8 Å². The summed E-state index contributed by atoms with van der Waals surface area (Å²) in [4.78, 5) is 41.3. The number of urea groups is 1. The summed E-state index contributed by atoms with van der Waals surface area (Å²) in [6, 6.07) is 4.28. The summed E-state index contributed by atoms with van der Waals surface area (Å²) in [5, 5.41) is 15.4. The maximum Gasteiger partial charge on any atom is 0.326 e. The molecule has 1 fully saturated rings. The number of halogens is 3. The highest BCUT2D eigenvalue weighted by Gasteiger charge is 2.20. The van der Waals surface area contributed by atoms with E-state index < -0.39 is 12.1 Å². The van der Waals surface area contributed by atoms with Crippen LogP contribution in [0.2, 0.25) is 10.0 Å². The largest absolute Gasteiger partial charge is 0.488 e. The van der Waals surface area contributed by atoms with Gasteiger partial charge in [0.05, 0.1) is 20.7 Å². The van der Waals surface area contributed by atoms with Crippen molar-refractivity contribution in [3.8, 4) is 17.6 Å². The van der Waals surface area contributed by atoms with E-state index >= 15 is 0 Å². The Labute approximate surface area is 261 Å². The number of aromatic nitrogens is 3. The van der Waals surface area contributed by atoms with Gasteiger partial charge in [0.1, 0.15) is 41.6 Å². The van der Waals surface area contributed by atoms with Gasteiger partial charge in [-0.2, -0.15) is 5.26 Å². The van der Waals surface area contributed by atoms with Crippen molar-refractivity contribution in [1.29, 1.82) is 5.26 Å². The molecule has 42 heavy (non-hydrogen) atoms. The Bertz CT molecular complexity index is 1480. The summed E-state index contributed by atoms with van der Waals surface area (Å²) in [7, 11) is 2.09. The van der Waals surface area contributed by atoms with Crippen LogP contribution >= 0.6 is 39.1 Å². The fourth-order valence-electron chi connectivity index (χ4n) is 4.13. The van der Waals surface area contributed by atoms with Crippen LogP contribution in [-0.4, -0.2) is 83.4 Å². The van der Waals surface area contributed by atoms with Crippen molar-refractivity contribution >= 4 is 63.1 Å². The SMILES string of the molecule is C[C@@H](Oc1cc(NC(=O)Nc2nc(C=O)c(Br)cc2OCCN2CCN(C)CC2)ncc1C#N)c1c(Cl)cncc1Cl. The minimum atomic E-state index is -0.706. The molecule has 15 heteroatoms. The third kappa shape index (κ3) is 8.05. The van der Waals surface area contributed by atoms with Gasteiger partial charge in [-0.05, 0) is 29.9 Å². The van der Waals surface area contributed by atoms with Crippen LogP contribution in [0.5, 0.6) is 11.5 Å². The first-order valence-electron chi connectivity index (χ1n) is 12.8. The van der Waals surface area contributed by atoms with E-state index in [1.54, 1.807) is 13.0 Å². The van der Waals surface area contributed by atoms with Gasteiger partial charge in [0, 0.05) is 62.8 Å². The highest BCUT2D eigenvalue weighted by atomic mass is 79.9. The first-order valence-corrected chi connectivity index (χ1v) is 14.4. The van der Waals surface area contributed by atoms with Crippen molar-refractivity contribution in [2.75, 3.05) is 57.0 Å². The number of piperazine rings is 1. The van der Waals surface area contributed by atoms with Crippen LogP contribution in [0, 0.1) is 11.3 Å². The monoisotopic (exact) mass is 676 g/mol. The van der Waals surface area contributed by atoms with Gasteiger partial charge in [0.2, 0.25) is 0 Å². The lowest BCUT2D eigenvalue weighted by atomic mass is 10.1. The lowest BCUT2D eigenvalue weighted by Crippen LogP contribution is -2.45. The molecule has 1 aliphatic heterocycles. The third-order valence-electron chi connectivity index (χ3n) is 6.40. The number of nitrogens with zero attached hydrogens (tertiary/aromatic N) is 6. The first-order chi connectivity index (χ1) is 20.2. The average molecular weight is 678 g/mol. The second-order valence-corrected chi connectivity index (χ2v) is 11.0. The number of nitrogens with one attached hydrogen (secondary N) is 2. The Morgan fingerprint density at radius 2 is 1.88 bits per heavy atom. The Kier molecular flexibility index (Phi) is 10.9. The second-order valence-electron chi connectivity index (χ2n) is 9.35. The zero-order valence-corrected chi connectivity index (χ0v) is 25.8. The molecule has 3 aromatic rings. The summed E-state index contributed by atoms with van der Waals surface area (Å²) < 4.78 is 12.4. The number of aldehydes is 1. The quantitative estimate of drug-likeness (QED) is 0.280. The molecule has 12 nitrogen and oxygen atoms in total. The minimum Gasteiger partial charge on any atom is -0.488 e. The number of carbonyl (C=O) groups is 2. The topological polar surface area (TPSA) is 146 Å². The number of ether oxygens (including phenoxy) is 2. The van der Waals surface area contributed by atoms with E-state index in [1.807, 2.05) is 6.07 Å². The molecule has 0 saturated carbocycles. The minimum absolute atomic E-state index is 0.0527. The molecule has 4 heterocycles. The van der Waals surface area contributed by atoms with Gasteiger partial charge >= 0.3 is 6.03 Å². The lowest BCUT2D eigenvalue weighted by molar-refractivity contribution is 0.111. The molecule has 1 saturated heterocycles. The van der Waals surface area contributed by atoms with Gasteiger partial charge < -0.3 is 14.4 Å². The molecule has 0 radical (unpaired) electrons. The third-order valence-corrected chi connectivity index (χ3v) is 7.64. The highest BCUT2D eigenvalue weighted by Crippen LogP contribution is 2.34. The Morgan fingerprint density at radius 1 is 1.17 bits per heavy atom. The summed E-state index contributed by atoms with van der Waals surface area (Å²) in [6.45, 7) is 6.59. The van der Waals surface area contributed by atoms with Gasteiger partial charge in [-0.25, -0.2) is 14.8 Å². The number of hydrogen-bond acceptors (Lipinski definition) is 10. The molecule has 0 bridgehead atoms. The standard InChI is InChI=1S/C27H27BrCl2N8O4/c1-16(25-19(29)13-32-14-20(25)30)42-22-10-24(33-12-17(22)11-31)35-27(40)36-26-23(9-18(28)21(15-39)34-26)41-8-7-38-5-3-37(2)4-6-38/h9-10,12-16H,3-8H2,1-2H3,(H2,33,34,35,36,40)/t16-/m1/s1. The van der Waals surface area contributed by atoms with Crippen LogP contribution in [0.25, 0.3) is 0 Å². The van der Waals surface area contributed by atoms with Crippen molar-refractivity contribution < 1.29 is 19.1 Å². The fraction of sp³-hybridized carbons (Fsp3) is 0.333. The molecule has 0 aliphatic carbocycles. The molecule has 4 rings (SSSR count). The molecule has 1 atom stereocenters. The number of pyridine rings is 3. The maximum atomic E-state index is 13.0. The summed E-state index contributed by atoms with van der Waals surface area (Å²) in [5.74, 6) is 0.577. The number of carbonyl (C=O) groups excluding carboxylic acids is 2. The molecule has 0 aromatic carbocycles. The molecule has 0 unspecified atom stereocenters. The smallest absolute Gasteiger partial charge is 0.326 e. The Morgan fingerprint density at radius 3 is 2.55 bits per heavy atom. The molecular formula is C27H27BrCl2N8O4. The number of anilines is 2. The van der Waals surface area contributed by atoms with E-state index in [0.29, 0.717) is 39.5 Å². The van der Waals surface area contributed by atoms with Gasteiger partial charge in [-0.1, -0.05) is 23.2 Å². The summed E-state index contributed by atoms with van der Waals surface area (Å²) >= 11 is 15.8. The Balaban J connectivity index is 1.46. The van der Waals surface area contributed by atoms with E-state index in [9.17, 15) is 14.9 Å². The van der Waals surface area contributed by atoms with E-state index in [0.717, 1.165) is 26.2 Å². The van der Waals surface area contributed by atoms with Crippen LogP contribution in [0.3, 0.4) is 0 Å². The molecule has 2 N–H and O–H groups in total. The predicted molar refractivity (Wildman–Crippen MR) is 162 cm³/mol. The van der Waals surface area contributed by atoms with E-state index in [2.05, 4.69) is 58.4 Å². The van der Waals surface area contributed by atoms with Crippen LogP contribution in [-0.2, 0) is 0 Å². The molecule has 220 valence electrons. The zero-order valence-electron chi connectivity index (χ0n) is 22.7. The van der Waals surface area contributed by atoms with Crippen molar-refractivity contribution in [3.05, 3.63) is 62.1 Å². The van der Waals surface area contributed by atoms with Crippen LogP contribution < -0.4 is 20.1 Å². The van der Waals surface area contributed by atoms with E-state index in [4.69, 9.17) is 32.7 Å². The molecule has 1 aliphatic rings. The van der Waals surface area contributed by atoms with Gasteiger partial charge in [0.25, 0.3) is 0 Å². The maximum absolute atomic E-state index is 13.0. The normalized spacial score (nSPS) is 14.5. The molecule has 3 aromatic heterocycles. The predicted octanol–water partition coefficient (Wildman–Crippen LogP) is 5.04. The van der Waals surface area contributed by atoms with Crippen molar-refractivity contribution in [3.63, 3.8) is 0 Å². The number of amides is 2. The van der Waals surface area contributed by atoms with Crippen molar-refractivity contribution in [2.24, 2.45) is 0 Å². The number of rotatable bonds is 10. The highest BCUT2D eigenvalue weighted by molar-refractivity contribution is 9.10. The molecule has 0 spiro atoms. The van der Waals surface area contributed by atoms with Gasteiger partial charge in [-0.15, -0.1) is 0 Å². The van der Waals surface area contributed by atoms with E-state index in [1.165, 1.54) is 24.7 Å². The van der Waals surface area contributed by atoms with Crippen molar-refractivity contribution in [2.45, 2.75) is 13.0 Å². The molecule has 2 amide bonds. The number of nitriles is 1. The van der Waals surface area contributed by atoms with Gasteiger partial charge in [-0.3, -0.25) is 25.3 Å². The lowest BCUT2D eigenvalue weighted by Gasteiger charge is -2.32. The molecular weight excluding hydrogens is 651 g/mol. The van der Waals surface area contributed by atoms with Crippen LogP contribution in [0.1, 0.15) is 34.6 Å². The first kappa shape index (κ1) is 31.4. The summed E-state index contributed by atoms with van der Waals surface area (Å²) in [5.41, 5.74) is 0.718. The summed E-state index contributed by atoms with van der Waals surface area (Å²) in [6.07, 6.45) is 4.06. The van der Waals surface area contributed by atoms with Crippen LogP contribution in [0.15, 0.2) is 35.2 Å². The number of hydrogen-bond donors (Lipinski definition) is 2. The van der Waals surface area contributed by atoms with Gasteiger partial charge in [0.15, 0.2) is 17.9 Å². The average Bonchev–Trinajstić information content (AvgIpc) is 2.95. The second kappa shape index (κ2) is 14.6. The van der Waals surface area contributed by atoms with E-state index in [-0.39, 0.29) is 34.4 Å². The fourth-order valence-corrected chi connectivity index (χ4v) is 5.19.